The summed E-state index contributed by atoms with van der Waals surface area (Å²) < 4.78 is 29.6. The zero-order chi connectivity index (χ0) is 26.3. The highest BCUT2D eigenvalue weighted by Gasteiger charge is 2.56. The number of aldehydes is 1. The lowest BCUT2D eigenvalue weighted by atomic mass is 9.72. The van der Waals surface area contributed by atoms with Crippen LogP contribution in [0.15, 0.2) is 71.2 Å². The van der Waals surface area contributed by atoms with Gasteiger partial charge in [-0.15, -0.1) is 0 Å². The lowest BCUT2D eigenvalue weighted by Gasteiger charge is -2.35. The number of rotatable bonds is 13. The van der Waals surface area contributed by atoms with Crippen LogP contribution in [0.4, 0.5) is 0 Å². The van der Waals surface area contributed by atoms with Gasteiger partial charge in [0.2, 0.25) is 11.4 Å². The Balaban J connectivity index is 1.88. The van der Waals surface area contributed by atoms with Crippen LogP contribution in [0.5, 0.6) is 17.2 Å². The SMILES string of the molecule is COCCOc1cc(OCCOC)c2c(c1)O[C@](c1ccc(Br)cc1)([C@H](CC=O)c1ccccc1)C2=O. The van der Waals surface area contributed by atoms with E-state index in [9.17, 15) is 9.59 Å². The van der Waals surface area contributed by atoms with Gasteiger partial charge in [0.05, 0.1) is 13.2 Å². The Labute approximate surface area is 224 Å². The number of hydrogen-bond donors (Lipinski definition) is 0. The molecule has 0 unspecified atom stereocenters. The Morgan fingerprint density at radius 3 is 2.24 bits per heavy atom. The summed E-state index contributed by atoms with van der Waals surface area (Å²) >= 11 is 3.47. The van der Waals surface area contributed by atoms with E-state index in [0.717, 1.165) is 16.3 Å². The van der Waals surface area contributed by atoms with Crippen LogP contribution < -0.4 is 14.2 Å². The molecule has 0 aliphatic carbocycles. The molecule has 1 aliphatic heterocycles. The summed E-state index contributed by atoms with van der Waals surface area (Å²) in [5, 5.41) is 0. The van der Waals surface area contributed by atoms with Crippen LogP contribution in [0.25, 0.3) is 0 Å². The number of fused-ring (bicyclic) bond motifs is 1. The zero-order valence-corrected chi connectivity index (χ0v) is 22.4. The van der Waals surface area contributed by atoms with E-state index in [0.29, 0.717) is 48.2 Å². The predicted molar refractivity (Wildman–Crippen MR) is 142 cm³/mol. The van der Waals surface area contributed by atoms with Gasteiger partial charge in [-0.1, -0.05) is 58.4 Å². The summed E-state index contributed by atoms with van der Waals surface area (Å²) in [7, 11) is 3.17. The van der Waals surface area contributed by atoms with Gasteiger partial charge in [-0.25, -0.2) is 0 Å². The fourth-order valence-corrected chi connectivity index (χ4v) is 4.85. The van der Waals surface area contributed by atoms with E-state index in [2.05, 4.69) is 15.9 Å². The topological polar surface area (TPSA) is 80.3 Å². The van der Waals surface area contributed by atoms with Crippen LogP contribution in [0, 0.1) is 0 Å². The third kappa shape index (κ3) is 5.56. The number of ketones is 1. The molecule has 0 radical (unpaired) electrons. The molecule has 3 aromatic rings. The predicted octanol–water partition coefficient (Wildman–Crippen LogP) is 5.34. The monoisotopic (exact) mass is 568 g/mol. The molecule has 0 saturated carbocycles. The van der Waals surface area contributed by atoms with E-state index in [1.807, 2.05) is 54.6 Å². The molecule has 0 amide bonds. The van der Waals surface area contributed by atoms with Crippen LogP contribution >= 0.6 is 15.9 Å². The number of hydrogen-bond acceptors (Lipinski definition) is 7. The van der Waals surface area contributed by atoms with Crippen molar-refractivity contribution in [3.8, 4) is 17.2 Å². The Morgan fingerprint density at radius 2 is 1.59 bits per heavy atom. The zero-order valence-electron chi connectivity index (χ0n) is 20.8. The summed E-state index contributed by atoms with van der Waals surface area (Å²) in [5.74, 6) is 0.286. The molecule has 0 spiro atoms. The van der Waals surface area contributed by atoms with Gasteiger partial charge in [-0.2, -0.15) is 0 Å². The molecular formula is C29H29BrO7. The Bertz CT molecular complexity index is 1210. The largest absolute Gasteiger partial charge is 0.491 e. The van der Waals surface area contributed by atoms with Gasteiger partial charge in [0.15, 0.2) is 0 Å². The second-order valence-electron chi connectivity index (χ2n) is 8.52. The molecule has 1 aliphatic rings. The summed E-state index contributed by atoms with van der Waals surface area (Å²) in [6.07, 6.45) is 0.907. The summed E-state index contributed by atoms with van der Waals surface area (Å²) in [5.41, 5.74) is 0.273. The molecule has 3 aromatic carbocycles. The second kappa shape index (κ2) is 12.4. The summed E-state index contributed by atoms with van der Waals surface area (Å²) in [6.45, 7) is 1.29. The van der Waals surface area contributed by atoms with E-state index in [-0.39, 0.29) is 18.8 Å². The number of benzene rings is 3. The molecule has 0 saturated heterocycles. The molecule has 0 fully saturated rings. The number of Topliss-reactive ketones (excluding diaryl/α,β-unsaturated/α-hetero) is 1. The van der Waals surface area contributed by atoms with Crippen molar-refractivity contribution in [3.63, 3.8) is 0 Å². The quantitative estimate of drug-likeness (QED) is 0.203. The van der Waals surface area contributed by atoms with E-state index >= 15 is 0 Å². The second-order valence-corrected chi connectivity index (χ2v) is 9.43. The highest BCUT2D eigenvalue weighted by molar-refractivity contribution is 9.10. The fraction of sp³-hybridized carbons (Fsp3) is 0.310. The van der Waals surface area contributed by atoms with Gasteiger partial charge >= 0.3 is 0 Å². The molecule has 194 valence electrons. The molecule has 1 heterocycles. The Kier molecular flexibility index (Phi) is 8.97. The molecule has 2 atom stereocenters. The van der Waals surface area contributed by atoms with E-state index in [4.69, 9.17) is 23.7 Å². The smallest absolute Gasteiger partial charge is 0.219 e. The van der Waals surface area contributed by atoms with Crippen LogP contribution in [0.2, 0.25) is 0 Å². The highest BCUT2D eigenvalue weighted by Crippen LogP contribution is 2.54. The first-order chi connectivity index (χ1) is 18.0. The van der Waals surface area contributed by atoms with Gasteiger partial charge in [-0.3, -0.25) is 4.79 Å². The van der Waals surface area contributed by atoms with Gasteiger partial charge in [0.1, 0.15) is 42.3 Å². The lowest BCUT2D eigenvalue weighted by Crippen LogP contribution is -2.43. The Morgan fingerprint density at radius 1 is 0.919 bits per heavy atom. The number of halogens is 1. The van der Waals surface area contributed by atoms with Gasteiger partial charge in [-0.05, 0) is 17.7 Å². The van der Waals surface area contributed by atoms with Crippen molar-refractivity contribution in [1.82, 2.24) is 0 Å². The number of ether oxygens (including phenoxy) is 5. The lowest BCUT2D eigenvalue weighted by molar-refractivity contribution is -0.109. The number of carbonyl (C=O) groups excluding carboxylic acids is 2. The van der Waals surface area contributed by atoms with Gasteiger partial charge < -0.3 is 28.5 Å². The fourth-order valence-electron chi connectivity index (χ4n) is 4.59. The van der Waals surface area contributed by atoms with Crippen molar-refractivity contribution in [2.75, 3.05) is 40.6 Å². The average molecular weight is 569 g/mol. The molecular weight excluding hydrogens is 540 g/mol. The Hall–Kier alpha value is -3.20. The molecule has 0 bridgehead atoms. The molecule has 7 nitrogen and oxygen atoms in total. The van der Waals surface area contributed by atoms with Crippen molar-refractivity contribution >= 4 is 28.0 Å². The minimum atomic E-state index is -1.49. The van der Waals surface area contributed by atoms with Crippen molar-refractivity contribution in [2.24, 2.45) is 0 Å². The normalized spacial score (nSPS) is 17.1. The molecule has 0 N–H and O–H groups in total. The van der Waals surface area contributed by atoms with Crippen molar-refractivity contribution in [3.05, 3.63) is 87.9 Å². The van der Waals surface area contributed by atoms with Crippen molar-refractivity contribution in [1.29, 1.82) is 0 Å². The first kappa shape index (κ1) is 26.9. The molecule has 37 heavy (non-hydrogen) atoms. The van der Waals surface area contributed by atoms with Crippen LogP contribution in [-0.2, 0) is 19.9 Å². The molecule has 8 heteroatoms. The molecule has 4 rings (SSSR count). The standard InChI is InChI=1S/C29H29BrO7/c1-33-14-16-35-23-18-25(36-17-15-34-2)27-26(19-23)37-29(28(27)32,21-8-10-22(30)11-9-21)24(12-13-31)20-6-4-3-5-7-20/h3-11,13,18-19,24H,12,14-17H2,1-2H3/t24-,29-/m1/s1. The first-order valence-electron chi connectivity index (χ1n) is 11.9. The highest BCUT2D eigenvalue weighted by atomic mass is 79.9. The third-order valence-corrected chi connectivity index (χ3v) is 6.80. The van der Waals surface area contributed by atoms with E-state index in [1.165, 1.54) is 0 Å². The molecule has 0 aromatic heterocycles. The van der Waals surface area contributed by atoms with Gasteiger partial charge in [0, 0.05) is 48.7 Å². The first-order valence-corrected chi connectivity index (χ1v) is 12.7. The number of methoxy groups -OCH3 is 2. The maximum atomic E-state index is 14.5. The van der Waals surface area contributed by atoms with Crippen LogP contribution in [0.3, 0.4) is 0 Å². The van der Waals surface area contributed by atoms with Crippen LogP contribution in [-0.4, -0.2) is 52.7 Å². The summed E-state index contributed by atoms with van der Waals surface area (Å²) in [6, 6.07) is 20.2. The maximum absolute atomic E-state index is 14.5. The van der Waals surface area contributed by atoms with E-state index in [1.54, 1.807) is 26.4 Å². The number of carbonyl (C=O) groups is 2. The summed E-state index contributed by atoms with van der Waals surface area (Å²) in [4.78, 5) is 26.4. The van der Waals surface area contributed by atoms with Crippen molar-refractivity contribution < 1.29 is 33.3 Å². The van der Waals surface area contributed by atoms with E-state index < -0.39 is 11.5 Å². The minimum Gasteiger partial charge on any atom is -0.491 e. The van der Waals surface area contributed by atoms with Crippen LogP contribution in [0.1, 0.15) is 33.8 Å². The maximum Gasteiger partial charge on any atom is 0.219 e. The van der Waals surface area contributed by atoms with Gasteiger partial charge in [0.25, 0.3) is 0 Å². The minimum absolute atomic E-state index is 0.0802. The third-order valence-electron chi connectivity index (χ3n) is 6.27. The van der Waals surface area contributed by atoms with Crippen molar-refractivity contribution in [2.45, 2.75) is 17.9 Å². The average Bonchev–Trinajstić information content (AvgIpc) is 3.21.